The third-order valence-electron chi connectivity index (χ3n) is 4.53. The van der Waals surface area contributed by atoms with Gasteiger partial charge >= 0.3 is 0 Å². The van der Waals surface area contributed by atoms with E-state index < -0.39 is 11.5 Å². The summed E-state index contributed by atoms with van der Waals surface area (Å²) in [7, 11) is 0. The van der Waals surface area contributed by atoms with Gasteiger partial charge in [-0.2, -0.15) is 0 Å². The predicted molar refractivity (Wildman–Crippen MR) is 99.0 cm³/mol. The van der Waals surface area contributed by atoms with Crippen molar-refractivity contribution in [1.29, 1.82) is 0 Å². The molecule has 130 valence electrons. The van der Waals surface area contributed by atoms with Crippen LogP contribution in [-0.4, -0.2) is 21.8 Å². The zero-order valence-corrected chi connectivity index (χ0v) is 14.6. The molecule has 0 fully saturated rings. The maximum atomic E-state index is 13.1. The first-order valence-electron chi connectivity index (χ1n) is 8.19. The number of carbonyl (C=O) groups excluding carboxylic acids is 2. The predicted octanol–water partition coefficient (Wildman–Crippen LogP) is 3.15. The van der Waals surface area contributed by atoms with Crippen LogP contribution < -0.4 is 4.90 Å². The van der Waals surface area contributed by atoms with Gasteiger partial charge in [0, 0.05) is 28.4 Å². The molecule has 1 atom stereocenters. The summed E-state index contributed by atoms with van der Waals surface area (Å²) in [6, 6.07) is 14.2. The largest absolute Gasteiger partial charge is 0.375 e. The molecule has 4 rings (SSSR count). The average Bonchev–Trinajstić information content (AvgIpc) is 3.25. The third kappa shape index (κ3) is 2.73. The number of pyridine rings is 1. The van der Waals surface area contributed by atoms with Crippen LogP contribution in [0.3, 0.4) is 0 Å². The molecule has 0 unspecified atom stereocenters. The summed E-state index contributed by atoms with van der Waals surface area (Å²) in [5.74, 6) is -0.786. The van der Waals surface area contributed by atoms with Crippen molar-refractivity contribution in [2.24, 2.45) is 0 Å². The number of rotatable bonds is 5. The summed E-state index contributed by atoms with van der Waals surface area (Å²) >= 11 is 1.55. The van der Waals surface area contributed by atoms with Crippen molar-refractivity contribution in [2.75, 3.05) is 4.90 Å². The van der Waals surface area contributed by atoms with Gasteiger partial charge in [0.2, 0.25) is 0 Å². The van der Waals surface area contributed by atoms with E-state index in [0.29, 0.717) is 23.4 Å². The van der Waals surface area contributed by atoms with Crippen LogP contribution in [0.5, 0.6) is 0 Å². The zero-order valence-electron chi connectivity index (χ0n) is 13.8. The summed E-state index contributed by atoms with van der Waals surface area (Å²) in [6.07, 6.45) is 2.71. The van der Waals surface area contributed by atoms with Crippen LogP contribution in [0.1, 0.15) is 27.2 Å². The lowest BCUT2D eigenvalue weighted by Crippen LogP contribution is -2.41. The molecule has 1 aliphatic rings. The van der Waals surface area contributed by atoms with Crippen LogP contribution in [0.4, 0.5) is 5.69 Å². The highest BCUT2D eigenvalue weighted by molar-refractivity contribution is 7.09. The third-order valence-corrected chi connectivity index (χ3v) is 5.39. The van der Waals surface area contributed by atoms with Gasteiger partial charge in [-0.05, 0) is 29.6 Å². The number of nitrogens with zero attached hydrogens (tertiary/aromatic N) is 2. The Kier molecular flexibility index (Phi) is 4.14. The first-order chi connectivity index (χ1) is 12.6. The van der Waals surface area contributed by atoms with Crippen molar-refractivity contribution < 1.29 is 14.7 Å². The summed E-state index contributed by atoms with van der Waals surface area (Å²) in [5, 5.41) is 13.2. The van der Waals surface area contributed by atoms with E-state index in [1.54, 1.807) is 52.8 Å². The summed E-state index contributed by atoms with van der Waals surface area (Å²) in [5.41, 5.74) is -0.366. The topological polar surface area (TPSA) is 70.5 Å². The SMILES string of the molecule is O=C(C[C@]1(O)C(=O)N(Cc2cccs2)c2ccccc21)c1cccnc1. The summed E-state index contributed by atoms with van der Waals surface area (Å²) in [6.45, 7) is 0.372. The molecule has 0 bridgehead atoms. The Hall–Kier alpha value is -2.83. The minimum absolute atomic E-state index is 0.310. The van der Waals surface area contributed by atoms with Crippen LogP contribution >= 0.6 is 11.3 Å². The highest BCUT2D eigenvalue weighted by atomic mass is 32.1. The molecule has 2 aromatic heterocycles. The van der Waals surface area contributed by atoms with Crippen molar-refractivity contribution in [1.82, 2.24) is 4.98 Å². The maximum absolute atomic E-state index is 13.1. The average molecular weight is 364 g/mol. The molecular formula is C20H16N2O3S. The van der Waals surface area contributed by atoms with Gasteiger partial charge in [0.05, 0.1) is 18.7 Å². The number of amides is 1. The van der Waals surface area contributed by atoms with Crippen molar-refractivity contribution in [3.63, 3.8) is 0 Å². The van der Waals surface area contributed by atoms with Crippen LogP contribution in [0.2, 0.25) is 0 Å². The molecule has 1 aromatic carbocycles. The van der Waals surface area contributed by atoms with Gasteiger partial charge in [0.1, 0.15) is 0 Å². The second-order valence-corrected chi connectivity index (χ2v) is 7.22. The lowest BCUT2D eigenvalue weighted by atomic mass is 9.88. The number of carbonyl (C=O) groups is 2. The molecule has 0 spiro atoms. The molecule has 1 aliphatic heterocycles. The highest BCUT2D eigenvalue weighted by Crippen LogP contribution is 2.43. The fourth-order valence-corrected chi connectivity index (χ4v) is 3.95. The fraction of sp³-hybridized carbons (Fsp3) is 0.150. The first-order valence-corrected chi connectivity index (χ1v) is 9.07. The van der Waals surface area contributed by atoms with Gasteiger partial charge in [-0.15, -0.1) is 11.3 Å². The second kappa shape index (κ2) is 6.48. The number of benzene rings is 1. The van der Waals surface area contributed by atoms with E-state index in [-0.39, 0.29) is 12.2 Å². The minimum atomic E-state index is -1.86. The number of para-hydroxylation sites is 1. The normalized spacial score (nSPS) is 18.8. The van der Waals surface area contributed by atoms with Crippen molar-refractivity contribution >= 4 is 28.7 Å². The Balaban J connectivity index is 1.69. The molecule has 0 saturated heterocycles. The van der Waals surface area contributed by atoms with Crippen LogP contribution in [0.15, 0.2) is 66.3 Å². The number of ketones is 1. The van der Waals surface area contributed by atoms with E-state index in [9.17, 15) is 14.7 Å². The number of Topliss-reactive ketones (excluding diaryl/α,β-unsaturated/α-hetero) is 1. The lowest BCUT2D eigenvalue weighted by Gasteiger charge is -2.22. The molecule has 0 aliphatic carbocycles. The van der Waals surface area contributed by atoms with Gasteiger partial charge in [-0.25, -0.2) is 0 Å². The number of anilines is 1. The van der Waals surface area contributed by atoms with E-state index in [0.717, 1.165) is 4.88 Å². The quantitative estimate of drug-likeness (QED) is 0.706. The molecule has 3 aromatic rings. The molecule has 1 amide bonds. The Morgan fingerprint density at radius 2 is 2.00 bits per heavy atom. The highest BCUT2D eigenvalue weighted by Gasteiger charge is 2.50. The molecule has 0 saturated carbocycles. The van der Waals surface area contributed by atoms with E-state index in [1.165, 1.54) is 6.20 Å². The number of hydrogen-bond donors (Lipinski definition) is 1. The number of thiophene rings is 1. The van der Waals surface area contributed by atoms with Gasteiger partial charge < -0.3 is 10.0 Å². The number of aliphatic hydroxyl groups is 1. The Bertz CT molecular complexity index is 956. The molecule has 1 N–H and O–H groups in total. The number of hydrogen-bond acceptors (Lipinski definition) is 5. The van der Waals surface area contributed by atoms with E-state index in [2.05, 4.69) is 4.98 Å². The second-order valence-electron chi connectivity index (χ2n) is 6.19. The van der Waals surface area contributed by atoms with Crippen LogP contribution in [0, 0.1) is 0 Å². The van der Waals surface area contributed by atoms with E-state index in [1.807, 2.05) is 23.6 Å². The first kappa shape index (κ1) is 16.6. The smallest absolute Gasteiger partial charge is 0.264 e. The van der Waals surface area contributed by atoms with Crippen molar-refractivity contribution in [2.45, 2.75) is 18.6 Å². The molecular weight excluding hydrogens is 348 g/mol. The summed E-state index contributed by atoms with van der Waals surface area (Å²) < 4.78 is 0. The number of fused-ring (bicyclic) bond motifs is 1. The van der Waals surface area contributed by atoms with E-state index in [4.69, 9.17) is 0 Å². The van der Waals surface area contributed by atoms with Gasteiger partial charge in [0.15, 0.2) is 11.4 Å². The Morgan fingerprint density at radius 3 is 2.73 bits per heavy atom. The minimum Gasteiger partial charge on any atom is -0.375 e. The Labute approximate surface area is 154 Å². The molecule has 26 heavy (non-hydrogen) atoms. The van der Waals surface area contributed by atoms with Gasteiger partial charge in [-0.1, -0.05) is 24.3 Å². The van der Waals surface area contributed by atoms with Gasteiger partial charge in [0.25, 0.3) is 5.91 Å². The molecule has 5 nitrogen and oxygen atoms in total. The maximum Gasteiger partial charge on any atom is 0.264 e. The molecule has 3 heterocycles. The van der Waals surface area contributed by atoms with Crippen molar-refractivity contribution in [3.05, 3.63) is 82.3 Å². The fourth-order valence-electron chi connectivity index (χ4n) is 3.25. The summed E-state index contributed by atoms with van der Waals surface area (Å²) in [4.78, 5) is 32.2. The van der Waals surface area contributed by atoms with Crippen LogP contribution in [0.25, 0.3) is 0 Å². The van der Waals surface area contributed by atoms with E-state index >= 15 is 0 Å². The molecule has 0 radical (unpaired) electrons. The number of aromatic nitrogens is 1. The van der Waals surface area contributed by atoms with Gasteiger partial charge in [-0.3, -0.25) is 14.6 Å². The standard InChI is InChI=1S/C20H16N2O3S/c23-18(14-5-3-9-21-12-14)11-20(25)16-7-1-2-8-17(16)22(19(20)24)13-15-6-4-10-26-15/h1-10,12,25H,11,13H2/t20-/m1/s1. The van der Waals surface area contributed by atoms with Crippen molar-refractivity contribution in [3.8, 4) is 0 Å². The van der Waals surface area contributed by atoms with Crippen LogP contribution in [-0.2, 0) is 16.9 Å². The monoisotopic (exact) mass is 364 g/mol. The molecule has 6 heteroatoms. The Morgan fingerprint density at radius 1 is 1.15 bits per heavy atom. The lowest BCUT2D eigenvalue weighted by molar-refractivity contribution is -0.136. The zero-order chi connectivity index (χ0) is 18.1.